The summed E-state index contributed by atoms with van der Waals surface area (Å²) < 4.78 is 13.3. The van der Waals surface area contributed by atoms with Crippen LogP contribution in [0.2, 0.25) is 0 Å². The highest BCUT2D eigenvalue weighted by molar-refractivity contribution is 5.86. The molecular formula is C27H36N2O3. The van der Waals surface area contributed by atoms with Crippen molar-refractivity contribution in [1.82, 2.24) is 9.88 Å². The summed E-state index contributed by atoms with van der Waals surface area (Å²) in [5.41, 5.74) is 3.35. The quantitative estimate of drug-likeness (QED) is 0.360. The third-order valence-electron chi connectivity index (χ3n) is 6.05. The highest BCUT2D eigenvalue weighted by Crippen LogP contribution is 2.37. The molecule has 5 nitrogen and oxygen atoms in total. The van der Waals surface area contributed by atoms with Gasteiger partial charge < -0.3 is 19.4 Å². The lowest BCUT2D eigenvalue weighted by Gasteiger charge is -2.19. The number of rotatable bonds is 12. The predicted molar refractivity (Wildman–Crippen MR) is 131 cm³/mol. The largest absolute Gasteiger partial charge is 0.497 e. The molecule has 1 atom stereocenters. The number of aryl methyl sites for hydroxylation is 1. The molecule has 3 rings (SSSR count). The number of para-hydroxylation sites is 1. The third-order valence-corrected chi connectivity index (χ3v) is 6.05. The average Bonchev–Trinajstić information content (AvgIpc) is 3.20. The standard InChI is InChI=1S/C27H36N2O3/c1-5-7-8-11-14-28-27(30)18-24(20-15-21(31-3)17-22(16-20)32-4)25-19-29(6-2)26-13-10-9-12-23(25)26/h9-10,12-13,15-17,19,24H,5-8,11,14,18H2,1-4H3,(H,28,30)/t24-/m0/s1. The van der Waals surface area contributed by atoms with Crippen LogP contribution in [0.1, 0.15) is 63.0 Å². The molecule has 3 aromatic rings. The van der Waals surface area contributed by atoms with Gasteiger partial charge in [-0.25, -0.2) is 0 Å². The maximum Gasteiger partial charge on any atom is 0.220 e. The Labute approximate surface area is 191 Å². The fraction of sp³-hybridized carbons (Fsp3) is 0.444. The van der Waals surface area contributed by atoms with Crippen LogP contribution in [0.4, 0.5) is 0 Å². The van der Waals surface area contributed by atoms with Gasteiger partial charge >= 0.3 is 0 Å². The summed E-state index contributed by atoms with van der Waals surface area (Å²) in [5.74, 6) is 1.42. The molecule has 2 aromatic carbocycles. The Morgan fingerprint density at radius 2 is 1.72 bits per heavy atom. The van der Waals surface area contributed by atoms with Crippen molar-refractivity contribution in [1.29, 1.82) is 0 Å². The van der Waals surface area contributed by atoms with E-state index in [-0.39, 0.29) is 11.8 Å². The number of hydrogen-bond acceptors (Lipinski definition) is 3. The topological polar surface area (TPSA) is 52.5 Å². The van der Waals surface area contributed by atoms with Gasteiger partial charge in [-0.15, -0.1) is 0 Å². The predicted octanol–water partition coefficient (Wildman–Crippen LogP) is 5.90. The molecule has 0 fully saturated rings. The van der Waals surface area contributed by atoms with E-state index in [2.05, 4.69) is 54.2 Å². The Morgan fingerprint density at radius 3 is 2.38 bits per heavy atom. The first-order valence-corrected chi connectivity index (χ1v) is 11.7. The van der Waals surface area contributed by atoms with E-state index in [9.17, 15) is 4.79 Å². The average molecular weight is 437 g/mol. The van der Waals surface area contributed by atoms with Crippen LogP contribution < -0.4 is 14.8 Å². The second-order valence-electron chi connectivity index (χ2n) is 8.20. The minimum Gasteiger partial charge on any atom is -0.497 e. The molecular weight excluding hydrogens is 400 g/mol. The number of hydrogen-bond donors (Lipinski definition) is 1. The monoisotopic (exact) mass is 436 g/mol. The molecule has 1 amide bonds. The normalized spacial score (nSPS) is 12.0. The van der Waals surface area contributed by atoms with Crippen LogP contribution >= 0.6 is 0 Å². The first-order chi connectivity index (χ1) is 15.6. The van der Waals surface area contributed by atoms with Gasteiger partial charge in [-0.3, -0.25) is 4.79 Å². The van der Waals surface area contributed by atoms with Gasteiger partial charge in [0.25, 0.3) is 0 Å². The molecule has 5 heteroatoms. The first kappa shape index (κ1) is 23.7. The molecule has 32 heavy (non-hydrogen) atoms. The molecule has 0 saturated heterocycles. The lowest BCUT2D eigenvalue weighted by atomic mass is 9.87. The number of methoxy groups -OCH3 is 2. The zero-order chi connectivity index (χ0) is 22.9. The summed E-state index contributed by atoms with van der Waals surface area (Å²) in [6, 6.07) is 14.3. The SMILES string of the molecule is CCCCCCNC(=O)C[C@@H](c1cc(OC)cc(OC)c1)c1cn(CC)c2ccccc12. The van der Waals surface area contributed by atoms with E-state index in [0.717, 1.165) is 48.6 Å². The number of carbonyl (C=O) groups is 1. The van der Waals surface area contributed by atoms with E-state index in [4.69, 9.17) is 9.47 Å². The summed E-state index contributed by atoms with van der Waals surface area (Å²) in [5, 5.41) is 4.31. The smallest absolute Gasteiger partial charge is 0.220 e. The number of amides is 1. The fourth-order valence-corrected chi connectivity index (χ4v) is 4.29. The van der Waals surface area contributed by atoms with Crippen molar-refractivity contribution in [3.8, 4) is 11.5 Å². The summed E-state index contributed by atoms with van der Waals surface area (Å²) in [7, 11) is 3.30. The molecule has 0 aliphatic carbocycles. The number of carbonyl (C=O) groups excluding carboxylic acids is 1. The van der Waals surface area contributed by atoms with E-state index >= 15 is 0 Å². The van der Waals surface area contributed by atoms with Gasteiger partial charge in [-0.05, 0) is 42.7 Å². The number of aromatic nitrogens is 1. The van der Waals surface area contributed by atoms with Crippen molar-refractivity contribution in [3.05, 3.63) is 59.8 Å². The maximum absolute atomic E-state index is 13.0. The number of nitrogens with one attached hydrogen (secondary N) is 1. The van der Waals surface area contributed by atoms with Crippen LogP contribution in [0.25, 0.3) is 10.9 Å². The summed E-state index contributed by atoms with van der Waals surface area (Å²) in [4.78, 5) is 13.0. The van der Waals surface area contributed by atoms with Gasteiger partial charge in [0.05, 0.1) is 14.2 Å². The van der Waals surface area contributed by atoms with Crippen molar-refractivity contribution in [2.45, 2.75) is 58.4 Å². The molecule has 172 valence electrons. The third kappa shape index (κ3) is 5.64. The van der Waals surface area contributed by atoms with Gasteiger partial charge in [0, 0.05) is 48.6 Å². The van der Waals surface area contributed by atoms with E-state index < -0.39 is 0 Å². The van der Waals surface area contributed by atoms with Crippen LogP contribution in [0, 0.1) is 0 Å². The molecule has 0 radical (unpaired) electrons. The van der Waals surface area contributed by atoms with Gasteiger partial charge in [0.1, 0.15) is 11.5 Å². The lowest BCUT2D eigenvalue weighted by Crippen LogP contribution is -2.26. The molecule has 1 heterocycles. The van der Waals surface area contributed by atoms with E-state index in [0.29, 0.717) is 6.42 Å². The van der Waals surface area contributed by atoms with E-state index in [1.165, 1.54) is 23.7 Å². The number of nitrogens with zero attached hydrogens (tertiary/aromatic N) is 1. The Morgan fingerprint density at radius 1 is 1.00 bits per heavy atom. The summed E-state index contributed by atoms with van der Waals surface area (Å²) in [6.07, 6.45) is 7.13. The highest BCUT2D eigenvalue weighted by atomic mass is 16.5. The summed E-state index contributed by atoms with van der Waals surface area (Å²) >= 11 is 0. The van der Waals surface area contributed by atoms with Crippen molar-refractivity contribution < 1.29 is 14.3 Å². The van der Waals surface area contributed by atoms with Crippen LogP contribution in [-0.2, 0) is 11.3 Å². The van der Waals surface area contributed by atoms with Crippen LogP contribution in [0.3, 0.4) is 0 Å². The second-order valence-corrected chi connectivity index (χ2v) is 8.20. The molecule has 0 unspecified atom stereocenters. The van der Waals surface area contributed by atoms with Crippen molar-refractivity contribution in [2.75, 3.05) is 20.8 Å². The zero-order valence-electron chi connectivity index (χ0n) is 19.8. The van der Waals surface area contributed by atoms with Gasteiger partial charge in [0.2, 0.25) is 5.91 Å². The fourth-order valence-electron chi connectivity index (χ4n) is 4.29. The number of benzene rings is 2. The Hall–Kier alpha value is -2.95. The van der Waals surface area contributed by atoms with Crippen molar-refractivity contribution in [3.63, 3.8) is 0 Å². The van der Waals surface area contributed by atoms with Crippen LogP contribution in [-0.4, -0.2) is 31.2 Å². The van der Waals surface area contributed by atoms with E-state index in [1.807, 2.05) is 18.2 Å². The van der Waals surface area contributed by atoms with Crippen LogP contribution in [0.5, 0.6) is 11.5 Å². The highest BCUT2D eigenvalue weighted by Gasteiger charge is 2.24. The molecule has 1 N–H and O–H groups in total. The van der Waals surface area contributed by atoms with Crippen molar-refractivity contribution in [2.24, 2.45) is 0 Å². The maximum atomic E-state index is 13.0. The van der Waals surface area contributed by atoms with Gasteiger partial charge in [-0.2, -0.15) is 0 Å². The molecule has 0 bridgehead atoms. The minimum atomic E-state index is -0.104. The van der Waals surface area contributed by atoms with E-state index in [1.54, 1.807) is 14.2 Å². The number of ether oxygens (including phenoxy) is 2. The minimum absolute atomic E-state index is 0.0709. The Balaban J connectivity index is 1.97. The Kier molecular flexibility index (Phi) is 8.60. The zero-order valence-corrected chi connectivity index (χ0v) is 19.8. The molecule has 0 saturated carbocycles. The first-order valence-electron chi connectivity index (χ1n) is 11.7. The van der Waals surface area contributed by atoms with Crippen molar-refractivity contribution >= 4 is 16.8 Å². The molecule has 0 spiro atoms. The molecule has 1 aromatic heterocycles. The lowest BCUT2D eigenvalue weighted by molar-refractivity contribution is -0.121. The molecule has 0 aliphatic heterocycles. The summed E-state index contributed by atoms with van der Waals surface area (Å²) in [6.45, 7) is 5.93. The number of fused-ring (bicyclic) bond motifs is 1. The second kappa shape index (κ2) is 11.6. The number of unbranched alkanes of at least 4 members (excludes halogenated alkanes) is 3. The Bertz CT molecular complexity index is 1000. The van der Waals surface area contributed by atoms with Crippen LogP contribution in [0.15, 0.2) is 48.7 Å². The molecule has 0 aliphatic rings. The van der Waals surface area contributed by atoms with Gasteiger partial charge in [-0.1, -0.05) is 44.4 Å². The van der Waals surface area contributed by atoms with Gasteiger partial charge in [0.15, 0.2) is 0 Å².